The number of aromatic hydroxyl groups is 1. The van der Waals surface area contributed by atoms with Crippen molar-refractivity contribution in [3.8, 4) is 5.75 Å². The van der Waals surface area contributed by atoms with E-state index in [1.807, 2.05) is 23.9 Å². The molecule has 1 saturated heterocycles. The third kappa shape index (κ3) is 3.45. The summed E-state index contributed by atoms with van der Waals surface area (Å²) in [6.45, 7) is 2.70. The summed E-state index contributed by atoms with van der Waals surface area (Å²) < 4.78 is 5.71. The van der Waals surface area contributed by atoms with Crippen LogP contribution >= 0.6 is 11.8 Å². The van der Waals surface area contributed by atoms with E-state index >= 15 is 0 Å². The number of rotatable bonds is 4. The molecule has 0 unspecified atom stereocenters. The van der Waals surface area contributed by atoms with Crippen LogP contribution in [0.4, 0.5) is 0 Å². The standard InChI is InChI=1S/C16H21N3O3S/c1-10(20)17-7-11-9-23-16(19(11)2)13-8-22-15(18-13)12-5-3-4-6-14(12)21/h3-6,11,13,16,21H,7-9H2,1-2H3,(H,17,20)/t11-,13-,16+/m1/s1. The SMILES string of the molecule is CC(=O)NC[C@@H]1CS[C@@H]([C@H]2COC(c3ccccc3O)=N2)N1C. The molecule has 1 aromatic rings. The molecule has 2 heterocycles. The molecule has 0 radical (unpaired) electrons. The van der Waals surface area contributed by atoms with Gasteiger partial charge >= 0.3 is 0 Å². The van der Waals surface area contributed by atoms with Crippen LogP contribution in [0.25, 0.3) is 0 Å². The van der Waals surface area contributed by atoms with Gasteiger partial charge in [0.25, 0.3) is 0 Å². The number of carbonyl (C=O) groups excluding carboxylic acids is 1. The molecule has 23 heavy (non-hydrogen) atoms. The summed E-state index contributed by atoms with van der Waals surface area (Å²) in [5, 5.41) is 13.0. The lowest BCUT2D eigenvalue weighted by Gasteiger charge is -2.26. The Labute approximate surface area is 139 Å². The summed E-state index contributed by atoms with van der Waals surface area (Å²) in [5.41, 5.74) is 0.635. The van der Waals surface area contributed by atoms with Gasteiger partial charge in [-0.25, -0.2) is 4.99 Å². The van der Waals surface area contributed by atoms with Gasteiger partial charge in [-0.2, -0.15) is 0 Å². The second kappa shape index (κ2) is 6.80. The highest BCUT2D eigenvalue weighted by Gasteiger charge is 2.39. The van der Waals surface area contributed by atoms with Crippen molar-refractivity contribution in [2.75, 3.05) is 26.0 Å². The number of aliphatic imine (C=N–C) groups is 1. The van der Waals surface area contributed by atoms with E-state index in [1.54, 1.807) is 12.1 Å². The second-order valence-corrected chi connectivity index (χ2v) is 6.96. The lowest BCUT2D eigenvalue weighted by molar-refractivity contribution is -0.119. The van der Waals surface area contributed by atoms with Crippen molar-refractivity contribution in [2.24, 2.45) is 4.99 Å². The van der Waals surface area contributed by atoms with E-state index in [2.05, 4.69) is 22.3 Å². The van der Waals surface area contributed by atoms with Gasteiger partial charge in [-0.15, -0.1) is 11.8 Å². The van der Waals surface area contributed by atoms with Crippen molar-refractivity contribution in [3.63, 3.8) is 0 Å². The molecule has 2 aliphatic heterocycles. The first-order valence-corrected chi connectivity index (χ1v) is 8.68. The van der Waals surface area contributed by atoms with Gasteiger partial charge in [0, 0.05) is 25.3 Å². The number of nitrogens with one attached hydrogen (secondary N) is 1. The number of phenolic OH excluding ortho intramolecular Hbond substituents is 1. The molecule has 0 bridgehead atoms. The van der Waals surface area contributed by atoms with Crippen molar-refractivity contribution in [2.45, 2.75) is 24.4 Å². The Balaban J connectivity index is 1.67. The maximum absolute atomic E-state index is 11.1. The van der Waals surface area contributed by atoms with Crippen LogP contribution in [0.3, 0.4) is 0 Å². The summed E-state index contributed by atoms with van der Waals surface area (Å²) in [7, 11) is 2.06. The number of carbonyl (C=O) groups is 1. The van der Waals surface area contributed by atoms with Crippen LogP contribution in [0.15, 0.2) is 29.3 Å². The minimum Gasteiger partial charge on any atom is -0.507 e. The van der Waals surface area contributed by atoms with Crippen molar-refractivity contribution in [1.29, 1.82) is 0 Å². The van der Waals surface area contributed by atoms with Crippen molar-refractivity contribution in [1.82, 2.24) is 10.2 Å². The molecule has 2 aliphatic rings. The summed E-state index contributed by atoms with van der Waals surface area (Å²) >= 11 is 1.83. The summed E-state index contributed by atoms with van der Waals surface area (Å²) in [6, 6.07) is 7.41. The summed E-state index contributed by atoms with van der Waals surface area (Å²) in [5.74, 6) is 1.64. The Morgan fingerprint density at radius 1 is 1.52 bits per heavy atom. The van der Waals surface area contributed by atoms with Gasteiger partial charge in [0.1, 0.15) is 18.4 Å². The van der Waals surface area contributed by atoms with E-state index in [-0.39, 0.29) is 23.1 Å². The molecule has 7 heteroatoms. The normalized spacial score (nSPS) is 27.6. The Kier molecular flexibility index (Phi) is 4.77. The fourth-order valence-electron chi connectivity index (χ4n) is 2.84. The summed E-state index contributed by atoms with van der Waals surface area (Å²) in [6.07, 6.45) is 0. The second-order valence-electron chi connectivity index (χ2n) is 5.81. The van der Waals surface area contributed by atoms with Crippen molar-refractivity contribution in [3.05, 3.63) is 29.8 Å². The number of likely N-dealkylation sites (N-methyl/N-ethyl adjacent to an activating group) is 1. The Bertz CT molecular complexity index is 622. The Morgan fingerprint density at radius 2 is 2.30 bits per heavy atom. The molecule has 0 saturated carbocycles. The predicted octanol–water partition coefficient (Wildman–Crippen LogP) is 1.05. The number of para-hydroxylation sites is 1. The van der Waals surface area contributed by atoms with E-state index < -0.39 is 0 Å². The Hall–Kier alpha value is -1.73. The zero-order valence-corrected chi connectivity index (χ0v) is 14.0. The molecule has 2 N–H and O–H groups in total. The van der Waals surface area contributed by atoms with E-state index in [9.17, 15) is 9.90 Å². The van der Waals surface area contributed by atoms with Gasteiger partial charge in [0.15, 0.2) is 0 Å². The minimum absolute atomic E-state index is 0.00379. The highest BCUT2D eigenvalue weighted by Crippen LogP contribution is 2.33. The quantitative estimate of drug-likeness (QED) is 0.860. The minimum atomic E-state index is -0.00379. The number of thioether (sulfide) groups is 1. The average Bonchev–Trinajstić information content (AvgIpc) is 3.12. The van der Waals surface area contributed by atoms with E-state index in [0.717, 1.165) is 5.75 Å². The zero-order chi connectivity index (χ0) is 16.4. The summed E-state index contributed by atoms with van der Waals surface area (Å²) in [4.78, 5) is 18.0. The van der Waals surface area contributed by atoms with Crippen LogP contribution in [0.5, 0.6) is 5.75 Å². The van der Waals surface area contributed by atoms with Crippen LogP contribution in [-0.4, -0.2) is 65.2 Å². The lowest BCUT2D eigenvalue weighted by Crippen LogP contribution is -2.44. The smallest absolute Gasteiger partial charge is 0.220 e. The lowest BCUT2D eigenvalue weighted by atomic mass is 10.2. The first kappa shape index (κ1) is 16.1. The first-order chi connectivity index (χ1) is 11.1. The molecule has 0 spiro atoms. The molecule has 1 amide bonds. The van der Waals surface area contributed by atoms with Gasteiger partial charge in [-0.3, -0.25) is 9.69 Å². The van der Waals surface area contributed by atoms with Crippen LogP contribution < -0.4 is 5.32 Å². The number of hydrogen-bond acceptors (Lipinski definition) is 6. The zero-order valence-electron chi connectivity index (χ0n) is 13.2. The highest BCUT2D eigenvalue weighted by molar-refractivity contribution is 8.00. The van der Waals surface area contributed by atoms with Gasteiger partial charge in [-0.1, -0.05) is 12.1 Å². The van der Waals surface area contributed by atoms with Crippen LogP contribution in [-0.2, 0) is 9.53 Å². The molecule has 1 aromatic carbocycles. The topological polar surface area (TPSA) is 74.2 Å². The Morgan fingerprint density at radius 3 is 3.04 bits per heavy atom. The van der Waals surface area contributed by atoms with E-state index in [1.165, 1.54) is 6.92 Å². The van der Waals surface area contributed by atoms with Crippen LogP contribution in [0, 0.1) is 0 Å². The predicted molar refractivity (Wildman–Crippen MR) is 90.9 cm³/mol. The van der Waals surface area contributed by atoms with Crippen LogP contribution in [0.2, 0.25) is 0 Å². The molecule has 1 fully saturated rings. The number of phenols is 1. The maximum Gasteiger partial charge on any atom is 0.220 e. The third-order valence-corrected chi connectivity index (χ3v) is 5.73. The first-order valence-electron chi connectivity index (χ1n) is 7.63. The molecule has 0 aromatic heterocycles. The van der Waals surface area contributed by atoms with Gasteiger partial charge < -0.3 is 15.2 Å². The van der Waals surface area contributed by atoms with E-state index in [0.29, 0.717) is 30.7 Å². The molecule has 0 aliphatic carbocycles. The van der Waals surface area contributed by atoms with E-state index in [4.69, 9.17) is 4.74 Å². The van der Waals surface area contributed by atoms with Gasteiger partial charge in [0.05, 0.1) is 10.9 Å². The van der Waals surface area contributed by atoms with Crippen molar-refractivity contribution < 1.29 is 14.6 Å². The van der Waals surface area contributed by atoms with Gasteiger partial charge in [0.2, 0.25) is 11.8 Å². The number of nitrogens with zero attached hydrogens (tertiary/aromatic N) is 2. The largest absolute Gasteiger partial charge is 0.507 e. The number of ether oxygens (including phenoxy) is 1. The molecule has 6 nitrogen and oxygen atoms in total. The fourth-order valence-corrected chi connectivity index (χ4v) is 4.38. The highest BCUT2D eigenvalue weighted by atomic mass is 32.2. The third-order valence-electron chi connectivity index (χ3n) is 4.16. The molecular weight excluding hydrogens is 314 g/mol. The van der Waals surface area contributed by atoms with Gasteiger partial charge in [-0.05, 0) is 19.2 Å². The number of amides is 1. The van der Waals surface area contributed by atoms with Crippen molar-refractivity contribution >= 4 is 23.6 Å². The average molecular weight is 335 g/mol. The monoisotopic (exact) mass is 335 g/mol. The maximum atomic E-state index is 11.1. The molecule has 124 valence electrons. The number of hydrogen-bond donors (Lipinski definition) is 2. The molecule has 3 rings (SSSR count). The fraction of sp³-hybridized carbons (Fsp3) is 0.500. The molecule has 3 atom stereocenters. The molecular formula is C16H21N3O3S. The number of benzene rings is 1. The van der Waals surface area contributed by atoms with Crippen LogP contribution in [0.1, 0.15) is 12.5 Å².